The third-order valence-corrected chi connectivity index (χ3v) is 8.31. The summed E-state index contributed by atoms with van der Waals surface area (Å²) < 4.78 is 0. The molecule has 2 aromatic carbocycles. The summed E-state index contributed by atoms with van der Waals surface area (Å²) >= 11 is 0. The quantitative estimate of drug-likeness (QED) is 0.603. The number of carbonyl (C=O) groups excluding carboxylic acids is 2. The molecule has 4 bridgehead atoms. The van der Waals surface area contributed by atoms with E-state index in [0.29, 0.717) is 5.41 Å². The first-order valence-electron chi connectivity index (χ1n) is 11.9. The normalized spacial score (nSPS) is 31.7. The van der Waals surface area contributed by atoms with Crippen molar-refractivity contribution in [3.8, 4) is 0 Å². The van der Waals surface area contributed by atoms with E-state index < -0.39 is 0 Å². The first kappa shape index (κ1) is 19.1. The Labute approximate surface area is 184 Å². The van der Waals surface area contributed by atoms with Crippen LogP contribution in [0.25, 0.3) is 0 Å². The van der Waals surface area contributed by atoms with Crippen molar-refractivity contribution in [1.82, 2.24) is 0 Å². The van der Waals surface area contributed by atoms with E-state index in [1.165, 1.54) is 38.5 Å². The number of amides is 2. The SMILES string of the molecule is O=C1CC(=O)N(c2ccccc2)c2ccccc2N1CCC12CC3CC(CC(C3)C1)C2. The van der Waals surface area contributed by atoms with E-state index in [1.807, 2.05) is 59.5 Å². The van der Waals surface area contributed by atoms with Crippen LogP contribution < -0.4 is 9.80 Å². The Bertz CT molecular complexity index is 980. The maximum absolute atomic E-state index is 13.3. The van der Waals surface area contributed by atoms with E-state index in [1.54, 1.807) is 4.90 Å². The van der Waals surface area contributed by atoms with Gasteiger partial charge in [0.25, 0.3) is 0 Å². The highest BCUT2D eigenvalue weighted by atomic mass is 16.2. The number of benzene rings is 2. The summed E-state index contributed by atoms with van der Waals surface area (Å²) in [7, 11) is 0. The number of anilines is 3. The molecule has 1 aliphatic heterocycles. The minimum atomic E-state index is -0.152. The third kappa shape index (κ3) is 3.28. The largest absolute Gasteiger partial charge is 0.310 e. The van der Waals surface area contributed by atoms with Gasteiger partial charge in [0, 0.05) is 12.2 Å². The molecule has 0 saturated heterocycles. The Balaban J connectivity index is 1.31. The smallest absolute Gasteiger partial charge is 0.241 e. The molecule has 2 aromatic rings. The lowest BCUT2D eigenvalue weighted by Gasteiger charge is -2.57. The summed E-state index contributed by atoms with van der Waals surface area (Å²) in [5.41, 5.74) is 2.91. The topological polar surface area (TPSA) is 40.6 Å². The molecule has 31 heavy (non-hydrogen) atoms. The molecule has 4 fully saturated rings. The molecular formula is C27H30N2O2. The lowest BCUT2D eigenvalue weighted by Crippen LogP contribution is -2.47. The van der Waals surface area contributed by atoms with Gasteiger partial charge in [-0.25, -0.2) is 0 Å². The molecule has 0 spiro atoms. The van der Waals surface area contributed by atoms with Crippen molar-refractivity contribution in [2.24, 2.45) is 23.2 Å². The van der Waals surface area contributed by atoms with Crippen molar-refractivity contribution >= 4 is 28.9 Å². The van der Waals surface area contributed by atoms with Crippen LogP contribution in [0.15, 0.2) is 54.6 Å². The van der Waals surface area contributed by atoms with Crippen LogP contribution >= 0.6 is 0 Å². The van der Waals surface area contributed by atoms with Crippen molar-refractivity contribution in [2.45, 2.75) is 51.4 Å². The zero-order valence-corrected chi connectivity index (χ0v) is 18.0. The average molecular weight is 415 g/mol. The highest BCUT2D eigenvalue weighted by Crippen LogP contribution is 2.61. The van der Waals surface area contributed by atoms with E-state index in [0.717, 1.165) is 47.8 Å². The van der Waals surface area contributed by atoms with Crippen molar-refractivity contribution in [1.29, 1.82) is 0 Å². The van der Waals surface area contributed by atoms with Crippen LogP contribution in [0.1, 0.15) is 51.4 Å². The fourth-order valence-electron chi connectivity index (χ4n) is 7.50. The summed E-state index contributed by atoms with van der Waals surface area (Å²) in [6.07, 6.45) is 9.33. The average Bonchev–Trinajstić information content (AvgIpc) is 2.85. The molecule has 7 rings (SSSR count). The number of rotatable bonds is 4. The number of para-hydroxylation sites is 3. The van der Waals surface area contributed by atoms with Crippen LogP contribution in [0.3, 0.4) is 0 Å². The first-order chi connectivity index (χ1) is 15.1. The first-order valence-corrected chi connectivity index (χ1v) is 11.9. The fourth-order valence-corrected chi connectivity index (χ4v) is 7.50. The van der Waals surface area contributed by atoms with Gasteiger partial charge in [0.1, 0.15) is 6.42 Å². The highest BCUT2D eigenvalue weighted by molar-refractivity contribution is 6.18. The molecule has 4 nitrogen and oxygen atoms in total. The molecule has 160 valence electrons. The second-order valence-corrected chi connectivity index (χ2v) is 10.4. The molecule has 4 aliphatic carbocycles. The van der Waals surface area contributed by atoms with Gasteiger partial charge in [0.2, 0.25) is 11.8 Å². The summed E-state index contributed by atoms with van der Waals surface area (Å²) in [6.45, 7) is 0.720. The van der Waals surface area contributed by atoms with Gasteiger partial charge in [-0.1, -0.05) is 30.3 Å². The Morgan fingerprint density at radius 3 is 1.97 bits per heavy atom. The van der Waals surface area contributed by atoms with Crippen molar-refractivity contribution in [3.05, 3.63) is 54.6 Å². The lowest BCUT2D eigenvalue weighted by molar-refractivity contribution is -0.125. The molecule has 0 unspecified atom stereocenters. The molecule has 2 amide bonds. The van der Waals surface area contributed by atoms with Gasteiger partial charge in [0.15, 0.2) is 0 Å². The van der Waals surface area contributed by atoms with Crippen LogP contribution in [0.2, 0.25) is 0 Å². The van der Waals surface area contributed by atoms with Crippen molar-refractivity contribution < 1.29 is 9.59 Å². The summed E-state index contributed by atoms with van der Waals surface area (Å²) in [5.74, 6) is 2.51. The highest BCUT2D eigenvalue weighted by Gasteiger charge is 2.50. The third-order valence-electron chi connectivity index (χ3n) is 8.31. The monoisotopic (exact) mass is 414 g/mol. The van der Waals surface area contributed by atoms with Crippen molar-refractivity contribution in [2.75, 3.05) is 16.3 Å². The van der Waals surface area contributed by atoms with E-state index in [-0.39, 0.29) is 18.2 Å². The van der Waals surface area contributed by atoms with E-state index >= 15 is 0 Å². The maximum Gasteiger partial charge on any atom is 0.241 e. The summed E-state index contributed by atoms with van der Waals surface area (Å²) in [5, 5.41) is 0. The van der Waals surface area contributed by atoms with E-state index in [9.17, 15) is 9.59 Å². The van der Waals surface area contributed by atoms with Gasteiger partial charge < -0.3 is 4.90 Å². The van der Waals surface area contributed by atoms with Crippen LogP contribution in [0, 0.1) is 23.2 Å². The van der Waals surface area contributed by atoms with Crippen LogP contribution in [0.4, 0.5) is 17.1 Å². The zero-order valence-electron chi connectivity index (χ0n) is 18.0. The second-order valence-electron chi connectivity index (χ2n) is 10.4. The molecule has 0 atom stereocenters. The molecule has 0 aromatic heterocycles. The molecule has 0 N–H and O–H groups in total. The standard InChI is InChI=1S/C27H30N2O2/c30-25-15-26(31)29(22-6-2-1-3-7-22)24-9-5-4-8-23(24)28(25)11-10-27-16-19-12-20(17-27)14-21(13-19)18-27/h1-9,19-21H,10-18H2. The number of fused-ring (bicyclic) bond motifs is 1. The van der Waals surface area contributed by atoms with Gasteiger partial charge in [-0.3, -0.25) is 14.5 Å². The van der Waals surface area contributed by atoms with Gasteiger partial charge in [-0.05, 0) is 92.4 Å². The predicted molar refractivity (Wildman–Crippen MR) is 122 cm³/mol. The van der Waals surface area contributed by atoms with Crippen LogP contribution in [-0.4, -0.2) is 18.4 Å². The van der Waals surface area contributed by atoms with E-state index in [4.69, 9.17) is 0 Å². The minimum Gasteiger partial charge on any atom is -0.310 e. The minimum absolute atomic E-state index is 0.0689. The van der Waals surface area contributed by atoms with Gasteiger partial charge in [-0.2, -0.15) is 0 Å². The molecule has 4 saturated carbocycles. The predicted octanol–water partition coefficient (Wildman–Crippen LogP) is 5.69. The lowest BCUT2D eigenvalue weighted by atomic mass is 9.49. The number of carbonyl (C=O) groups is 2. The van der Waals surface area contributed by atoms with Gasteiger partial charge in [-0.15, -0.1) is 0 Å². The number of nitrogens with zero attached hydrogens (tertiary/aromatic N) is 2. The molecular weight excluding hydrogens is 384 g/mol. The molecule has 4 heteroatoms. The Morgan fingerprint density at radius 1 is 0.742 bits per heavy atom. The van der Waals surface area contributed by atoms with Gasteiger partial charge in [0.05, 0.1) is 11.4 Å². The second kappa shape index (κ2) is 7.22. The molecule has 0 radical (unpaired) electrons. The number of hydrogen-bond donors (Lipinski definition) is 0. The maximum atomic E-state index is 13.3. The van der Waals surface area contributed by atoms with Gasteiger partial charge >= 0.3 is 0 Å². The Hall–Kier alpha value is -2.62. The summed E-state index contributed by atoms with van der Waals surface area (Å²) in [4.78, 5) is 30.0. The Morgan fingerprint density at radius 2 is 1.32 bits per heavy atom. The summed E-state index contributed by atoms with van der Waals surface area (Å²) in [6, 6.07) is 17.6. The number of hydrogen-bond acceptors (Lipinski definition) is 2. The van der Waals surface area contributed by atoms with E-state index in [2.05, 4.69) is 0 Å². The fraction of sp³-hybridized carbons (Fsp3) is 0.481. The molecule has 1 heterocycles. The van der Waals surface area contributed by atoms with Crippen LogP contribution in [0.5, 0.6) is 0 Å². The Kier molecular flexibility index (Phi) is 4.45. The zero-order chi connectivity index (χ0) is 21.0. The van der Waals surface area contributed by atoms with Crippen LogP contribution in [-0.2, 0) is 9.59 Å². The molecule has 5 aliphatic rings. The van der Waals surface area contributed by atoms with Crippen molar-refractivity contribution in [3.63, 3.8) is 0 Å².